The average molecular weight is 349 g/mol. The SMILES string of the molecule is CC(C)(C)c1ncc(CN(C(=O)CCl)c2ccc3c(c2)COC3)o1. The molecule has 0 fully saturated rings. The zero-order valence-corrected chi connectivity index (χ0v) is 14.9. The van der Waals surface area contributed by atoms with Crippen LogP contribution in [0.2, 0.25) is 0 Å². The largest absolute Gasteiger partial charge is 0.443 e. The molecule has 1 aliphatic rings. The van der Waals surface area contributed by atoms with Crippen LogP contribution in [0, 0.1) is 0 Å². The van der Waals surface area contributed by atoms with Gasteiger partial charge in [0, 0.05) is 11.1 Å². The van der Waals surface area contributed by atoms with E-state index in [1.54, 1.807) is 11.1 Å². The number of aromatic nitrogens is 1. The third-order valence-corrected chi connectivity index (χ3v) is 4.17. The number of benzene rings is 1. The molecule has 3 rings (SSSR count). The molecule has 0 aliphatic carbocycles. The van der Waals surface area contributed by atoms with Gasteiger partial charge < -0.3 is 14.1 Å². The molecule has 2 aromatic rings. The molecule has 5 nitrogen and oxygen atoms in total. The Balaban J connectivity index is 1.87. The van der Waals surface area contributed by atoms with Crippen LogP contribution in [-0.4, -0.2) is 16.8 Å². The van der Waals surface area contributed by atoms with Gasteiger partial charge in [-0.05, 0) is 23.3 Å². The summed E-state index contributed by atoms with van der Waals surface area (Å²) >= 11 is 5.80. The van der Waals surface area contributed by atoms with Crippen LogP contribution in [0.15, 0.2) is 28.8 Å². The average Bonchev–Trinajstić information content (AvgIpc) is 3.19. The smallest absolute Gasteiger partial charge is 0.242 e. The summed E-state index contributed by atoms with van der Waals surface area (Å²) in [5, 5.41) is 0. The van der Waals surface area contributed by atoms with Crippen molar-refractivity contribution in [2.24, 2.45) is 0 Å². The van der Waals surface area contributed by atoms with E-state index in [-0.39, 0.29) is 17.2 Å². The molecule has 1 amide bonds. The van der Waals surface area contributed by atoms with E-state index in [0.29, 0.717) is 31.4 Å². The van der Waals surface area contributed by atoms with E-state index in [2.05, 4.69) is 4.98 Å². The van der Waals surface area contributed by atoms with Crippen LogP contribution in [0.5, 0.6) is 0 Å². The zero-order chi connectivity index (χ0) is 17.3. The number of anilines is 1. The van der Waals surface area contributed by atoms with Crippen LogP contribution in [0.3, 0.4) is 0 Å². The van der Waals surface area contributed by atoms with Crippen LogP contribution in [0.4, 0.5) is 5.69 Å². The molecule has 0 atom stereocenters. The van der Waals surface area contributed by atoms with Crippen molar-refractivity contribution in [2.45, 2.75) is 45.9 Å². The van der Waals surface area contributed by atoms with Crippen molar-refractivity contribution in [3.05, 3.63) is 47.2 Å². The summed E-state index contributed by atoms with van der Waals surface area (Å²) in [4.78, 5) is 18.3. The predicted octanol–water partition coefficient (Wildman–Crippen LogP) is 3.77. The maximum Gasteiger partial charge on any atom is 0.242 e. The van der Waals surface area contributed by atoms with E-state index in [1.807, 2.05) is 39.0 Å². The molecule has 0 N–H and O–H groups in total. The van der Waals surface area contributed by atoms with Gasteiger partial charge in [-0.1, -0.05) is 26.8 Å². The van der Waals surface area contributed by atoms with Gasteiger partial charge in [0.25, 0.3) is 0 Å². The Morgan fingerprint density at radius 2 is 2.04 bits per heavy atom. The van der Waals surface area contributed by atoms with E-state index in [4.69, 9.17) is 20.8 Å². The van der Waals surface area contributed by atoms with Crippen molar-refractivity contribution in [1.29, 1.82) is 0 Å². The fourth-order valence-corrected chi connectivity index (χ4v) is 2.75. The van der Waals surface area contributed by atoms with Gasteiger partial charge in [-0.25, -0.2) is 4.98 Å². The number of alkyl halides is 1. The first-order valence-electron chi connectivity index (χ1n) is 7.89. The number of carbonyl (C=O) groups is 1. The molecule has 0 saturated carbocycles. The summed E-state index contributed by atoms with van der Waals surface area (Å²) in [7, 11) is 0. The van der Waals surface area contributed by atoms with E-state index < -0.39 is 0 Å². The summed E-state index contributed by atoms with van der Waals surface area (Å²) in [5.74, 6) is 1.02. The number of rotatable bonds is 4. The molecule has 24 heavy (non-hydrogen) atoms. The fourth-order valence-electron chi connectivity index (χ4n) is 2.61. The molecule has 128 valence electrons. The van der Waals surface area contributed by atoms with Crippen molar-refractivity contribution in [2.75, 3.05) is 10.8 Å². The lowest BCUT2D eigenvalue weighted by Gasteiger charge is -2.21. The number of hydrogen-bond donors (Lipinski definition) is 0. The molecule has 2 heterocycles. The van der Waals surface area contributed by atoms with Crippen LogP contribution in [-0.2, 0) is 34.7 Å². The Morgan fingerprint density at radius 3 is 2.71 bits per heavy atom. The lowest BCUT2D eigenvalue weighted by Crippen LogP contribution is -2.31. The number of nitrogens with zero attached hydrogens (tertiary/aromatic N) is 2. The maximum absolute atomic E-state index is 12.3. The highest BCUT2D eigenvalue weighted by atomic mass is 35.5. The van der Waals surface area contributed by atoms with Gasteiger partial charge in [-0.2, -0.15) is 0 Å². The number of halogens is 1. The van der Waals surface area contributed by atoms with Crippen LogP contribution < -0.4 is 4.90 Å². The van der Waals surface area contributed by atoms with Crippen molar-refractivity contribution in [1.82, 2.24) is 4.98 Å². The molecule has 0 saturated heterocycles. The van der Waals surface area contributed by atoms with Crippen molar-refractivity contribution >= 4 is 23.2 Å². The van der Waals surface area contributed by atoms with Gasteiger partial charge in [0.15, 0.2) is 5.89 Å². The number of fused-ring (bicyclic) bond motifs is 1. The molecule has 1 aromatic carbocycles. The summed E-state index contributed by atoms with van der Waals surface area (Å²) in [6.07, 6.45) is 1.67. The van der Waals surface area contributed by atoms with Crippen LogP contribution in [0.1, 0.15) is 43.5 Å². The zero-order valence-electron chi connectivity index (χ0n) is 14.1. The third-order valence-electron chi connectivity index (χ3n) is 3.94. The van der Waals surface area contributed by atoms with Gasteiger partial charge in [-0.3, -0.25) is 4.79 Å². The Morgan fingerprint density at radius 1 is 1.29 bits per heavy atom. The Kier molecular flexibility index (Phi) is 4.65. The number of oxazole rings is 1. The normalized spacial score (nSPS) is 13.8. The molecule has 1 aromatic heterocycles. The maximum atomic E-state index is 12.3. The Hall–Kier alpha value is -1.85. The topological polar surface area (TPSA) is 55.6 Å². The van der Waals surface area contributed by atoms with Crippen molar-refractivity contribution in [3.8, 4) is 0 Å². The lowest BCUT2D eigenvalue weighted by atomic mass is 9.97. The summed E-state index contributed by atoms with van der Waals surface area (Å²) in [5.41, 5.74) is 2.88. The van der Waals surface area contributed by atoms with Crippen LogP contribution >= 0.6 is 11.6 Å². The van der Waals surface area contributed by atoms with Gasteiger partial charge >= 0.3 is 0 Å². The predicted molar refractivity (Wildman–Crippen MR) is 92.0 cm³/mol. The second kappa shape index (κ2) is 6.57. The van der Waals surface area contributed by atoms with E-state index >= 15 is 0 Å². The van der Waals surface area contributed by atoms with Crippen molar-refractivity contribution < 1.29 is 13.9 Å². The van der Waals surface area contributed by atoms with Gasteiger partial charge in [0.1, 0.15) is 11.6 Å². The highest BCUT2D eigenvalue weighted by Gasteiger charge is 2.23. The number of hydrogen-bond acceptors (Lipinski definition) is 4. The van der Waals surface area contributed by atoms with E-state index in [1.165, 1.54) is 0 Å². The summed E-state index contributed by atoms with van der Waals surface area (Å²) in [6.45, 7) is 7.59. The first kappa shape index (κ1) is 17.0. The van der Waals surface area contributed by atoms with Gasteiger partial charge in [-0.15, -0.1) is 11.6 Å². The molecule has 0 spiro atoms. The summed E-state index contributed by atoms with van der Waals surface area (Å²) in [6, 6.07) is 5.89. The molecule has 0 radical (unpaired) electrons. The molecular weight excluding hydrogens is 328 g/mol. The molecule has 0 unspecified atom stereocenters. The summed E-state index contributed by atoms with van der Waals surface area (Å²) < 4.78 is 11.3. The Bertz CT molecular complexity index is 749. The van der Waals surface area contributed by atoms with Crippen LogP contribution in [0.25, 0.3) is 0 Å². The molecule has 0 bridgehead atoms. The fraction of sp³-hybridized carbons (Fsp3) is 0.444. The minimum absolute atomic E-state index is 0.0894. The second-order valence-electron chi connectivity index (χ2n) is 6.94. The Labute approximate surface area is 146 Å². The highest BCUT2D eigenvalue weighted by Crippen LogP contribution is 2.28. The minimum Gasteiger partial charge on any atom is -0.443 e. The number of carbonyl (C=O) groups excluding carboxylic acids is 1. The molecule has 6 heteroatoms. The first-order valence-corrected chi connectivity index (χ1v) is 8.43. The van der Waals surface area contributed by atoms with Gasteiger partial charge in [0.05, 0.1) is 26.0 Å². The van der Waals surface area contributed by atoms with E-state index in [9.17, 15) is 4.79 Å². The van der Waals surface area contributed by atoms with Crippen molar-refractivity contribution in [3.63, 3.8) is 0 Å². The molecule has 1 aliphatic heterocycles. The standard InChI is InChI=1S/C18H21ClN2O3/c1-18(2,3)17-20-8-15(24-17)9-21(16(22)7-19)14-5-4-12-10-23-11-13(12)6-14/h4-6,8H,7,9-11H2,1-3H3. The first-order chi connectivity index (χ1) is 11.4. The lowest BCUT2D eigenvalue weighted by molar-refractivity contribution is -0.116. The molecular formula is C18H21ClN2O3. The monoisotopic (exact) mass is 348 g/mol. The third kappa shape index (κ3) is 3.47. The quantitative estimate of drug-likeness (QED) is 0.789. The van der Waals surface area contributed by atoms with Gasteiger partial charge in [0.2, 0.25) is 5.91 Å². The minimum atomic E-state index is -0.177. The van der Waals surface area contributed by atoms with E-state index in [0.717, 1.165) is 16.8 Å². The number of ether oxygens (including phenoxy) is 1. The second-order valence-corrected chi connectivity index (χ2v) is 7.21. The highest BCUT2D eigenvalue weighted by molar-refractivity contribution is 6.29. The number of amides is 1.